The SMILES string of the molecule is O=C(O[C@H](C(=O)O)[C@H](OC(=O)c1ccccc1Cl)C(=O)Nc1ccc(Br)c(Cl)c1)c1ccccc1Cl. The number of aliphatic carboxylic acids is 1. The van der Waals surface area contributed by atoms with Crippen molar-refractivity contribution >= 4 is 80.2 Å². The molecule has 0 spiro atoms. The van der Waals surface area contributed by atoms with Crippen molar-refractivity contribution in [3.63, 3.8) is 0 Å². The van der Waals surface area contributed by atoms with Gasteiger partial charge < -0.3 is 19.9 Å². The zero-order valence-electron chi connectivity index (χ0n) is 17.9. The maximum absolute atomic E-state index is 13.1. The highest BCUT2D eigenvalue weighted by atomic mass is 79.9. The van der Waals surface area contributed by atoms with Crippen molar-refractivity contribution < 1.29 is 33.8 Å². The van der Waals surface area contributed by atoms with E-state index >= 15 is 0 Å². The molecule has 0 fully saturated rings. The number of esters is 2. The number of anilines is 1. The van der Waals surface area contributed by atoms with Gasteiger partial charge in [-0.15, -0.1) is 0 Å². The van der Waals surface area contributed by atoms with Crippen LogP contribution in [0.25, 0.3) is 0 Å². The van der Waals surface area contributed by atoms with Crippen LogP contribution < -0.4 is 5.32 Å². The van der Waals surface area contributed by atoms with Crippen LogP contribution in [0, 0.1) is 0 Å². The molecule has 0 aliphatic heterocycles. The van der Waals surface area contributed by atoms with Crippen molar-refractivity contribution in [2.75, 3.05) is 5.32 Å². The van der Waals surface area contributed by atoms with Gasteiger partial charge in [0.05, 0.1) is 26.2 Å². The highest BCUT2D eigenvalue weighted by Crippen LogP contribution is 2.26. The minimum Gasteiger partial charge on any atom is -0.478 e. The molecule has 2 N–H and O–H groups in total. The number of benzene rings is 3. The second kappa shape index (κ2) is 12.2. The van der Waals surface area contributed by atoms with Gasteiger partial charge in [0.1, 0.15) is 0 Å². The van der Waals surface area contributed by atoms with Crippen LogP contribution in [0.2, 0.25) is 15.1 Å². The molecule has 3 aromatic carbocycles. The molecule has 0 aromatic heterocycles. The van der Waals surface area contributed by atoms with Gasteiger partial charge >= 0.3 is 17.9 Å². The first-order chi connectivity index (χ1) is 17.1. The summed E-state index contributed by atoms with van der Waals surface area (Å²) in [5, 5.41) is 12.5. The fourth-order valence-electron chi connectivity index (χ4n) is 2.89. The van der Waals surface area contributed by atoms with E-state index in [2.05, 4.69) is 21.2 Å². The van der Waals surface area contributed by atoms with Crippen molar-refractivity contribution in [3.05, 3.63) is 97.4 Å². The lowest BCUT2D eigenvalue weighted by molar-refractivity contribution is -0.157. The van der Waals surface area contributed by atoms with E-state index in [1.165, 1.54) is 54.6 Å². The smallest absolute Gasteiger partial charge is 0.349 e. The number of hydrogen-bond acceptors (Lipinski definition) is 6. The van der Waals surface area contributed by atoms with Crippen molar-refractivity contribution in [3.8, 4) is 0 Å². The number of hydrogen-bond donors (Lipinski definition) is 2. The van der Waals surface area contributed by atoms with E-state index in [-0.39, 0.29) is 31.9 Å². The Labute approximate surface area is 228 Å². The second-order valence-corrected chi connectivity index (χ2v) is 9.14. The third kappa shape index (κ3) is 6.76. The van der Waals surface area contributed by atoms with E-state index in [1.54, 1.807) is 12.1 Å². The minimum absolute atomic E-state index is 0.00119. The Morgan fingerprint density at radius 2 is 1.25 bits per heavy atom. The van der Waals surface area contributed by atoms with Crippen LogP contribution in [0.15, 0.2) is 71.2 Å². The molecule has 0 unspecified atom stereocenters. The fraction of sp³-hybridized carbons (Fsp3) is 0.0833. The molecule has 0 saturated heterocycles. The largest absolute Gasteiger partial charge is 0.478 e. The topological polar surface area (TPSA) is 119 Å². The molecule has 0 bridgehead atoms. The van der Waals surface area contributed by atoms with Gasteiger partial charge in [-0.25, -0.2) is 14.4 Å². The Morgan fingerprint density at radius 3 is 1.72 bits per heavy atom. The number of carboxylic acid groups (broad SMARTS) is 1. The predicted octanol–water partition coefficient (Wildman–Crippen LogP) is 5.88. The third-order valence-electron chi connectivity index (χ3n) is 4.62. The monoisotopic (exact) mass is 613 g/mol. The molecule has 0 aliphatic rings. The number of carbonyl (C=O) groups excluding carboxylic acids is 3. The van der Waals surface area contributed by atoms with Gasteiger partial charge in [0.25, 0.3) is 5.91 Å². The molecule has 8 nitrogen and oxygen atoms in total. The normalized spacial score (nSPS) is 12.2. The average Bonchev–Trinajstić information content (AvgIpc) is 2.83. The Bertz CT molecular complexity index is 1330. The predicted molar refractivity (Wildman–Crippen MR) is 137 cm³/mol. The molecule has 3 rings (SSSR count). The number of rotatable bonds is 8. The van der Waals surface area contributed by atoms with Crippen LogP contribution in [0.1, 0.15) is 20.7 Å². The van der Waals surface area contributed by atoms with E-state index < -0.39 is 36.0 Å². The summed E-state index contributed by atoms with van der Waals surface area (Å²) in [4.78, 5) is 50.7. The molecule has 36 heavy (non-hydrogen) atoms. The molecule has 3 aromatic rings. The number of halogens is 4. The van der Waals surface area contributed by atoms with Gasteiger partial charge in [-0.05, 0) is 58.4 Å². The highest BCUT2D eigenvalue weighted by molar-refractivity contribution is 9.10. The number of nitrogens with one attached hydrogen (secondary N) is 1. The van der Waals surface area contributed by atoms with E-state index in [0.717, 1.165) is 0 Å². The molecular formula is C24H15BrCl3NO7. The summed E-state index contributed by atoms with van der Waals surface area (Å²) in [7, 11) is 0. The van der Waals surface area contributed by atoms with Gasteiger partial charge in [0.2, 0.25) is 12.2 Å². The van der Waals surface area contributed by atoms with Gasteiger partial charge in [0.15, 0.2) is 0 Å². The first kappa shape index (κ1) is 27.5. The zero-order valence-corrected chi connectivity index (χ0v) is 21.8. The summed E-state index contributed by atoms with van der Waals surface area (Å²) < 4.78 is 10.9. The molecule has 186 valence electrons. The van der Waals surface area contributed by atoms with E-state index in [9.17, 15) is 24.3 Å². The number of ether oxygens (including phenoxy) is 2. The number of amides is 1. The zero-order chi connectivity index (χ0) is 26.4. The van der Waals surface area contributed by atoms with Gasteiger partial charge in [0, 0.05) is 10.2 Å². The van der Waals surface area contributed by atoms with Crippen molar-refractivity contribution in [2.24, 2.45) is 0 Å². The first-order valence-electron chi connectivity index (χ1n) is 9.98. The van der Waals surface area contributed by atoms with Crippen molar-refractivity contribution in [1.29, 1.82) is 0 Å². The van der Waals surface area contributed by atoms with Crippen LogP contribution in [0.3, 0.4) is 0 Å². The molecule has 0 aliphatic carbocycles. The summed E-state index contributed by atoms with van der Waals surface area (Å²) in [5.41, 5.74) is -0.125. The van der Waals surface area contributed by atoms with Crippen LogP contribution in [0.5, 0.6) is 0 Å². The quantitative estimate of drug-likeness (QED) is 0.304. The number of carboxylic acids is 1. The summed E-state index contributed by atoms with van der Waals surface area (Å²) in [6.45, 7) is 0. The average molecular weight is 616 g/mol. The molecule has 1 amide bonds. The first-order valence-corrected chi connectivity index (χ1v) is 11.9. The molecule has 0 saturated carbocycles. The molecule has 12 heteroatoms. The Balaban J connectivity index is 1.95. The molecular weight excluding hydrogens is 601 g/mol. The lowest BCUT2D eigenvalue weighted by Gasteiger charge is -2.24. The Morgan fingerprint density at radius 1 is 0.750 bits per heavy atom. The van der Waals surface area contributed by atoms with E-state index in [4.69, 9.17) is 44.3 Å². The van der Waals surface area contributed by atoms with Gasteiger partial charge in [-0.2, -0.15) is 0 Å². The van der Waals surface area contributed by atoms with Crippen LogP contribution >= 0.6 is 50.7 Å². The summed E-state index contributed by atoms with van der Waals surface area (Å²) in [6.07, 6.45) is -4.37. The van der Waals surface area contributed by atoms with E-state index in [1.807, 2.05) is 0 Å². The van der Waals surface area contributed by atoms with E-state index in [0.29, 0.717) is 4.47 Å². The maximum Gasteiger partial charge on any atom is 0.349 e. The molecule has 0 heterocycles. The Hall–Kier alpha value is -3.11. The van der Waals surface area contributed by atoms with Crippen LogP contribution in [-0.2, 0) is 19.1 Å². The lowest BCUT2D eigenvalue weighted by atomic mass is 10.1. The molecule has 2 atom stereocenters. The summed E-state index contributed by atoms with van der Waals surface area (Å²) in [5.74, 6) is -5.12. The second-order valence-electron chi connectivity index (χ2n) is 7.07. The minimum atomic E-state index is -2.24. The fourth-order valence-corrected chi connectivity index (χ4v) is 3.75. The van der Waals surface area contributed by atoms with Crippen molar-refractivity contribution in [2.45, 2.75) is 12.2 Å². The molecule has 0 radical (unpaired) electrons. The van der Waals surface area contributed by atoms with Gasteiger partial charge in [-0.3, -0.25) is 4.79 Å². The standard InChI is InChI=1S/C24H15BrCl3NO7/c25-15-10-9-12(11-18(15)28)29-21(30)19(35-23(33)13-5-1-3-7-16(13)26)20(22(31)32)36-24(34)14-6-2-4-8-17(14)27/h1-11,19-20H,(H,29,30)(H,31,32)/t19-,20-/m0/s1. The highest BCUT2D eigenvalue weighted by Gasteiger charge is 2.41. The summed E-state index contributed by atoms with van der Waals surface area (Å²) >= 11 is 21.3. The number of carbonyl (C=O) groups is 4. The van der Waals surface area contributed by atoms with Crippen molar-refractivity contribution in [1.82, 2.24) is 0 Å². The van der Waals surface area contributed by atoms with Gasteiger partial charge in [-0.1, -0.05) is 59.1 Å². The third-order valence-corrected chi connectivity index (χ3v) is 6.51. The maximum atomic E-state index is 13.1. The van der Waals surface area contributed by atoms with Crippen LogP contribution in [0.4, 0.5) is 5.69 Å². The van der Waals surface area contributed by atoms with Crippen LogP contribution in [-0.4, -0.2) is 41.1 Å². The lowest BCUT2D eigenvalue weighted by Crippen LogP contribution is -2.48. The summed E-state index contributed by atoms with van der Waals surface area (Å²) in [6, 6.07) is 15.9. The Kier molecular flexibility index (Phi) is 9.33.